The zero-order valence-corrected chi connectivity index (χ0v) is 11.5. The normalized spacial score (nSPS) is 27.2. The van der Waals surface area contributed by atoms with Crippen LogP contribution in [-0.2, 0) is 14.3 Å². The van der Waals surface area contributed by atoms with Crippen molar-refractivity contribution >= 4 is 23.1 Å². The highest BCUT2D eigenvalue weighted by atomic mass is 32.1. The van der Waals surface area contributed by atoms with E-state index in [2.05, 4.69) is 0 Å². The minimum Gasteiger partial charge on any atom is -0.391 e. The van der Waals surface area contributed by atoms with Crippen LogP contribution >= 0.6 is 12.2 Å². The van der Waals surface area contributed by atoms with E-state index in [9.17, 15) is 4.79 Å². The Labute approximate surface area is 113 Å². The van der Waals surface area contributed by atoms with Gasteiger partial charge in [0, 0.05) is 39.6 Å². The van der Waals surface area contributed by atoms with Crippen molar-refractivity contribution in [1.29, 1.82) is 0 Å². The summed E-state index contributed by atoms with van der Waals surface area (Å²) >= 11 is 5.07. The van der Waals surface area contributed by atoms with Crippen LogP contribution < -0.4 is 5.73 Å². The lowest BCUT2D eigenvalue weighted by Gasteiger charge is -2.40. The molecule has 0 bridgehead atoms. The molecule has 18 heavy (non-hydrogen) atoms. The number of likely N-dealkylation sites (tertiary alicyclic amines) is 1. The number of hydrogen-bond donors (Lipinski definition) is 1. The summed E-state index contributed by atoms with van der Waals surface area (Å²) in [5.41, 5.74) is 5.21. The summed E-state index contributed by atoms with van der Waals surface area (Å²) in [6.45, 7) is 2.56. The van der Waals surface area contributed by atoms with Crippen molar-refractivity contribution < 1.29 is 14.3 Å². The average molecular weight is 272 g/mol. The number of methoxy groups -OCH3 is 1. The standard InChI is InChI=1S/C12H20N2O3S/c1-16-12(11(13)18)3-5-14(6-4-12)10(15)9-2-7-17-8-9/h9H,2-8H2,1H3,(H2,13,18). The molecule has 0 spiro atoms. The lowest BCUT2D eigenvalue weighted by Crippen LogP contribution is -2.54. The van der Waals surface area contributed by atoms with Crippen LogP contribution in [0.5, 0.6) is 0 Å². The number of thiocarbonyl (C=S) groups is 1. The molecule has 6 heteroatoms. The molecule has 2 rings (SSSR count). The third kappa shape index (κ3) is 2.50. The van der Waals surface area contributed by atoms with Gasteiger partial charge in [0.1, 0.15) is 10.6 Å². The van der Waals surface area contributed by atoms with E-state index in [0.717, 1.165) is 6.42 Å². The zero-order chi connectivity index (χ0) is 13.2. The fourth-order valence-corrected chi connectivity index (χ4v) is 2.91. The highest BCUT2D eigenvalue weighted by Gasteiger charge is 2.40. The van der Waals surface area contributed by atoms with Gasteiger partial charge in [-0.1, -0.05) is 12.2 Å². The number of ether oxygens (including phenoxy) is 2. The van der Waals surface area contributed by atoms with E-state index >= 15 is 0 Å². The summed E-state index contributed by atoms with van der Waals surface area (Å²) in [6, 6.07) is 0. The molecular formula is C12H20N2O3S. The van der Waals surface area contributed by atoms with E-state index in [1.807, 2.05) is 4.90 Å². The molecule has 1 unspecified atom stereocenters. The summed E-state index contributed by atoms with van der Waals surface area (Å²) < 4.78 is 10.7. The largest absolute Gasteiger partial charge is 0.391 e. The summed E-state index contributed by atoms with van der Waals surface area (Å²) in [4.78, 5) is 14.5. The van der Waals surface area contributed by atoms with E-state index in [1.54, 1.807) is 7.11 Å². The van der Waals surface area contributed by atoms with Gasteiger partial charge in [-0.25, -0.2) is 0 Å². The van der Waals surface area contributed by atoms with Gasteiger partial charge in [-0.05, 0) is 6.42 Å². The number of carbonyl (C=O) groups is 1. The van der Waals surface area contributed by atoms with Crippen LogP contribution in [0.25, 0.3) is 0 Å². The predicted molar refractivity (Wildman–Crippen MR) is 71.3 cm³/mol. The van der Waals surface area contributed by atoms with Gasteiger partial charge >= 0.3 is 0 Å². The quantitative estimate of drug-likeness (QED) is 0.749. The maximum Gasteiger partial charge on any atom is 0.228 e. The molecule has 2 N–H and O–H groups in total. The number of piperidine rings is 1. The van der Waals surface area contributed by atoms with Crippen molar-refractivity contribution in [2.75, 3.05) is 33.4 Å². The minimum atomic E-state index is -0.529. The van der Waals surface area contributed by atoms with Crippen molar-refractivity contribution in [3.63, 3.8) is 0 Å². The van der Waals surface area contributed by atoms with Crippen LogP contribution in [0.15, 0.2) is 0 Å². The Kier molecular flexibility index (Phi) is 4.19. The molecule has 5 nitrogen and oxygen atoms in total. The summed E-state index contributed by atoms with van der Waals surface area (Å²) in [5, 5.41) is 0. The summed E-state index contributed by atoms with van der Waals surface area (Å²) in [6.07, 6.45) is 2.19. The second kappa shape index (κ2) is 5.50. The smallest absolute Gasteiger partial charge is 0.228 e. The Morgan fingerprint density at radius 2 is 2.17 bits per heavy atom. The highest BCUT2D eigenvalue weighted by Crippen LogP contribution is 2.28. The molecule has 1 amide bonds. The molecule has 2 fully saturated rings. The van der Waals surface area contributed by atoms with E-state index in [0.29, 0.717) is 44.1 Å². The topological polar surface area (TPSA) is 64.8 Å². The Balaban J connectivity index is 1.93. The molecule has 2 aliphatic heterocycles. The molecule has 0 aromatic heterocycles. The lowest BCUT2D eigenvalue weighted by molar-refractivity contribution is -0.138. The van der Waals surface area contributed by atoms with Crippen molar-refractivity contribution in [2.24, 2.45) is 11.7 Å². The third-order valence-electron chi connectivity index (χ3n) is 4.00. The minimum absolute atomic E-state index is 0.0323. The maximum absolute atomic E-state index is 12.2. The van der Waals surface area contributed by atoms with Crippen molar-refractivity contribution in [2.45, 2.75) is 24.9 Å². The number of hydrogen-bond acceptors (Lipinski definition) is 4. The van der Waals surface area contributed by atoms with E-state index in [1.165, 1.54) is 0 Å². The fraction of sp³-hybridized carbons (Fsp3) is 0.833. The van der Waals surface area contributed by atoms with Crippen LogP contribution in [0.4, 0.5) is 0 Å². The zero-order valence-electron chi connectivity index (χ0n) is 10.7. The third-order valence-corrected chi connectivity index (χ3v) is 4.37. The summed E-state index contributed by atoms with van der Waals surface area (Å²) in [7, 11) is 1.63. The first-order valence-corrected chi connectivity index (χ1v) is 6.71. The van der Waals surface area contributed by atoms with Crippen LogP contribution in [0.1, 0.15) is 19.3 Å². The van der Waals surface area contributed by atoms with E-state index in [-0.39, 0.29) is 11.8 Å². The molecule has 2 aliphatic rings. The molecule has 102 valence electrons. The van der Waals surface area contributed by atoms with Crippen molar-refractivity contribution in [1.82, 2.24) is 4.90 Å². The van der Waals surface area contributed by atoms with Gasteiger partial charge in [0.15, 0.2) is 0 Å². The predicted octanol–water partition coefficient (Wildman–Crippen LogP) is 0.317. The van der Waals surface area contributed by atoms with Crippen LogP contribution in [0.3, 0.4) is 0 Å². The Hall–Kier alpha value is -0.720. The van der Waals surface area contributed by atoms with Gasteiger partial charge in [-0.2, -0.15) is 0 Å². The van der Waals surface area contributed by atoms with Crippen LogP contribution in [-0.4, -0.2) is 54.8 Å². The van der Waals surface area contributed by atoms with Crippen LogP contribution in [0, 0.1) is 5.92 Å². The number of rotatable bonds is 3. The number of amides is 1. The molecule has 2 heterocycles. The Morgan fingerprint density at radius 1 is 1.50 bits per heavy atom. The molecule has 2 saturated heterocycles. The Bertz CT molecular complexity index is 334. The molecule has 0 aromatic rings. The van der Waals surface area contributed by atoms with Gasteiger partial charge in [0.2, 0.25) is 5.91 Å². The van der Waals surface area contributed by atoms with Gasteiger partial charge in [-0.3, -0.25) is 4.79 Å². The summed E-state index contributed by atoms with van der Waals surface area (Å²) in [5.74, 6) is 0.227. The first kappa shape index (κ1) is 13.7. The van der Waals surface area contributed by atoms with Gasteiger partial charge in [-0.15, -0.1) is 0 Å². The van der Waals surface area contributed by atoms with E-state index < -0.39 is 5.60 Å². The van der Waals surface area contributed by atoms with Gasteiger partial charge in [0.25, 0.3) is 0 Å². The lowest BCUT2D eigenvalue weighted by atomic mass is 9.90. The fourth-order valence-electron chi connectivity index (χ4n) is 2.63. The molecule has 0 saturated carbocycles. The van der Waals surface area contributed by atoms with E-state index in [4.69, 9.17) is 27.4 Å². The number of nitrogens with two attached hydrogens (primary N) is 1. The highest BCUT2D eigenvalue weighted by molar-refractivity contribution is 7.80. The second-order valence-corrected chi connectivity index (χ2v) is 5.39. The maximum atomic E-state index is 12.2. The SMILES string of the molecule is COC1(C(N)=S)CCN(C(=O)C2CCOC2)CC1. The molecule has 1 atom stereocenters. The Morgan fingerprint density at radius 3 is 2.61 bits per heavy atom. The second-order valence-electron chi connectivity index (χ2n) is 4.95. The molecular weight excluding hydrogens is 252 g/mol. The van der Waals surface area contributed by atoms with Gasteiger partial charge < -0.3 is 20.1 Å². The molecule has 0 aromatic carbocycles. The van der Waals surface area contributed by atoms with Crippen molar-refractivity contribution in [3.8, 4) is 0 Å². The van der Waals surface area contributed by atoms with Crippen molar-refractivity contribution in [3.05, 3.63) is 0 Å². The monoisotopic (exact) mass is 272 g/mol. The molecule has 0 radical (unpaired) electrons. The molecule has 0 aliphatic carbocycles. The number of carbonyl (C=O) groups excluding carboxylic acids is 1. The first-order valence-electron chi connectivity index (χ1n) is 6.30. The average Bonchev–Trinajstić information content (AvgIpc) is 2.91. The first-order chi connectivity index (χ1) is 8.59. The number of nitrogens with zero attached hydrogens (tertiary/aromatic N) is 1. The van der Waals surface area contributed by atoms with Crippen LogP contribution in [0.2, 0.25) is 0 Å². The van der Waals surface area contributed by atoms with Gasteiger partial charge in [0.05, 0.1) is 12.5 Å².